The van der Waals surface area contributed by atoms with Crippen LogP contribution in [-0.2, 0) is 0 Å². The van der Waals surface area contributed by atoms with Gasteiger partial charge < -0.3 is 10.1 Å². The van der Waals surface area contributed by atoms with Gasteiger partial charge in [0.1, 0.15) is 0 Å². The SMILES string of the molecule is CNC(C=C(C)C)c1ccc(OC)c(F)c1. The Morgan fingerprint density at radius 3 is 2.56 bits per heavy atom. The van der Waals surface area contributed by atoms with Crippen molar-refractivity contribution < 1.29 is 9.13 Å². The molecule has 0 aliphatic rings. The predicted octanol–water partition coefficient (Wildman–Crippen LogP) is 3.06. The van der Waals surface area contributed by atoms with Crippen LogP contribution in [0.1, 0.15) is 25.5 Å². The van der Waals surface area contributed by atoms with Crippen molar-refractivity contribution in [2.75, 3.05) is 14.2 Å². The minimum atomic E-state index is -0.331. The summed E-state index contributed by atoms with van der Waals surface area (Å²) < 4.78 is 18.4. The Hall–Kier alpha value is -1.35. The van der Waals surface area contributed by atoms with Gasteiger partial charge in [-0.25, -0.2) is 4.39 Å². The number of nitrogens with one attached hydrogen (secondary N) is 1. The van der Waals surface area contributed by atoms with Gasteiger partial charge in [-0.05, 0) is 38.6 Å². The number of hydrogen-bond acceptors (Lipinski definition) is 2. The maximum absolute atomic E-state index is 13.5. The monoisotopic (exact) mass is 223 g/mol. The molecule has 16 heavy (non-hydrogen) atoms. The van der Waals surface area contributed by atoms with Crippen LogP contribution in [-0.4, -0.2) is 14.2 Å². The minimum absolute atomic E-state index is 0.0328. The van der Waals surface area contributed by atoms with Crippen LogP contribution in [0, 0.1) is 5.82 Å². The van der Waals surface area contributed by atoms with Crippen molar-refractivity contribution in [1.82, 2.24) is 5.32 Å². The van der Waals surface area contributed by atoms with Gasteiger partial charge >= 0.3 is 0 Å². The largest absolute Gasteiger partial charge is 0.494 e. The maximum atomic E-state index is 13.5. The van der Waals surface area contributed by atoms with Crippen molar-refractivity contribution in [1.29, 1.82) is 0 Å². The molecule has 1 rings (SSSR count). The molecule has 0 bridgehead atoms. The second kappa shape index (κ2) is 5.66. The Morgan fingerprint density at radius 1 is 1.44 bits per heavy atom. The summed E-state index contributed by atoms with van der Waals surface area (Å²) in [6, 6.07) is 5.04. The molecule has 1 aromatic rings. The van der Waals surface area contributed by atoms with Gasteiger partial charge in [0.25, 0.3) is 0 Å². The Kier molecular flexibility index (Phi) is 4.50. The minimum Gasteiger partial charge on any atom is -0.494 e. The van der Waals surface area contributed by atoms with E-state index in [9.17, 15) is 4.39 Å². The van der Waals surface area contributed by atoms with E-state index in [2.05, 4.69) is 11.4 Å². The van der Waals surface area contributed by atoms with Crippen LogP contribution < -0.4 is 10.1 Å². The molecule has 0 amide bonds. The second-order valence-electron chi connectivity index (χ2n) is 3.90. The summed E-state index contributed by atoms with van der Waals surface area (Å²) in [5.74, 6) is -0.0572. The highest BCUT2D eigenvalue weighted by molar-refractivity contribution is 5.33. The molecule has 0 fully saturated rings. The summed E-state index contributed by atoms with van der Waals surface area (Å²) >= 11 is 0. The normalized spacial score (nSPS) is 12.1. The third-order valence-electron chi connectivity index (χ3n) is 2.35. The van der Waals surface area contributed by atoms with Gasteiger partial charge in [-0.2, -0.15) is 0 Å². The van der Waals surface area contributed by atoms with Crippen molar-refractivity contribution >= 4 is 0 Å². The summed E-state index contributed by atoms with van der Waals surface area (Å²) in [4.78, 5) is 0. The molecule has 0 spiro atoms. The molecule has 0 saturated carbocycles. The molecule has 0 aliphatic carbocycles. The Bertz CT molecular complexity index is 384. The zero-order valence-corrected chi connectivity index (χ0v) is 10.2. The van der Waals surface area contributed by atoms with Gasteiger partial charge in [0.05, 0.1) is 13.2 Å². The van der Waals surface area contributed by atoms with E-state index in [0.717, 1.165) is 5.56 Å². The molecule has 3 heteroatoms. The van der Waals surface area contributed by atoms with Crippen molar-refractivity contribution in [2.45, 2.75) is 19.9 Å². The van der Waals surface area contributed by atoms with E-state index >= 15 is 0 Å². The third-order valence-corrected chi connectivity index (χ3v) is 2.35. The lowest BCUT2D eigenvalue weighted by Crippen LogP contribution is -2.14. The molecule has 1 atom stereocenters. The lowest BCUT2D eigenvalue weighted by molar-refractivity contribution is 0.386. The zero-order valence-electron chi connectivity index (χ0n) is 10.2. The van der Waals surface area contributed by atoms with E-state index in [1.807, 2.05) is 27.0 Å². The van der Waals surface area contributed by atoms with E-state index < -0.39 is 0 Å². The zero-order chi connectivity index (χ0) is 12.1. The summed E-state index contributed by atoms with van der Waals surface area (Å²) in [6.07, 6.45) is 2.06. The molecular formula is C13H18FNO. The molecule has 1 aromatic carbocycles. The van der Waals surface area contributed by atoms with Crippen LogP contribution in [0.25, 0.3) is 0 Å². The van der Waals surface area contributed by atoms with Gasteiger partial charge in [-0.3, -0.25) is 0 Å². The number of halogens is 1. The fraction of sp³-hybridized carbons (Fsp3) is 0.385. The molecule has 88 valence electrons. The number of benzene rings is 1. The van der Waals surface area contributed by atoms with Crippen LogP contribution in [0.2, 0.25) is 0 Å². The highest BCUT2D eigenvalue weighted by atomic mass is 19.1. The third kappa shape index (κ3) is 3.07. The summed E-state index contributed by atoms with van der Waals surface area (Å²) in [7, 11) is 3.32. The van der Waals surface area contributed by atoms with Crippen molar-refractivity contribution in [3.8, 4) is 5.75 Å². The first-order valence-corrected chi connectivity index (χ1v) is 5.24. The molecule has 0 saturated heterocycles. The average molecular weight is 223 g/mol. The van der Waals surface area contributed by atoms with Gasteiger partial charge in [0.15, 0.2) is 11.6 Å². The standard InChI is InChI=1S/C13H18FNO/c1-9(2)7-12(15-3)10-5-6-13(16-4)11(14)8-10/h5-8,12,15H,1-4H3. The van der Waals surface area contributed by atoms with Gasteiger partial charge in [0, 0.05) is 0 Å². The van der Waals surface area contributed by atoms with Crippen LogP contribution in [0.4, 0.5) is 4.39 Å². The predicted molar refractivity (Wildman–Crippen MR) is 64.2 cm³/mol. The Labute approximate surface area is 96.1 Å². The summed E-state index contributed by atoms with van der Waals surface area (Å²) in [5, 5.41) is 3.13. The van der Waals surface area contributed by atoms with Crippen LogP contribution in [0.5, 0.6) is 5.75 Å². The van der Waals surface area contributed by atoms with E-state index in [1.165, 1.54) is 18.7 Å². The number of rotatable bonds is 4. The summed E-state index contributed by atoms with van der Waals surface area (Å²) in [6.45, 7) is 4.04. The average Bonchev–Trinajstić information content (AvgIpc) is 2.25. The molecular weight excluding hydrogens is 205 g/mol. The first kappa shape index (κ1) is 12.7. The van der Waals surface area contributed by atoms with Crippen molar-refractivity contribution in [3.63, 3.8) is 0 Å². The fourth-order valence-electron chi connectivity index (χ4n) is 1.56. The van der Waals surface area contributed by atoms with Crippen molar-refractivity contribution in [3.05, 3.63) is 41.2 Å². The number of hydrogen-bond donors (Lipinski definition) is 1. The Morgan fingerprint density at radius 2 is 2.12 bits per heavy atom. The topological polar surface area (TPSA) is 21.3 Å². The molecule has 1 unspecified atom stereocenters. The molecule has 2 nitrogen and oxygen atoms in total. The number of methoxy groups -OCH3 is 1. The quantitative estimate of drug-likeness (QED) is 0.792. The van der Waals surface area contributed by atoms with E-state index in [0.29, 0.717) is 0 Å². The van der Waals surface area contributed by atoms with E-state index in [4.69, 9.17) is 4.74 Å². The van der Waals surface area contributed by atoms with E-state index in [1.54, 1.807) is 6.07 Å². The maximum Gasteiger partial charge on any atom is 0.165 e. The van der Waals surface area contributed by atoms with Gasteiger partial charge in [0.2, 0.25) is 0 Å². The van der Waals surface area contributed by atoms with Crippen LogP contribution in [0.3, 0.4) is 0 Å². The molecule has 0 aromatic heterocycles. The smallest absolute Gasteiger partial charge is 0.165 e. The number of allylic oxidation sites excluding steroid dienone is 1. The lowest BCUT2D eigenvalue weighted by Gasteiger charge is -2.14. The van der Waals surface area contributed by atoms with Crippen LogP contribution in [0.15, 0.2) is 29.8 Å². The lowest BCUT2D eigenvalue weighted by atomic mass is 10.0. The molecule has 0 aliphatic heterocycles. The molecule has 1 N–H and O–H groups in total. The first-order chi connectivity index (χ1) is 7.58. The summed E-state index contributed by atoms with van der Waals surface area (Å²) in [5.41, 5.74) is 2.08. The first-order valence-electron chi connectivity index (χ1n) is 5.24. The van der Waals surface area contributed by atoms with E-state index in [-0.39, 0.29) is 17.6 Å². The van der Waals surface area contributed by atoms with Gasteiger partial charge in [-0.1, -0.05) is 17.7 Å². The number of likely N-dealkylation sites (N-methyl/N-ethyl adjacent to an activating group) is 1. The fourth-order valence-corrected chi connectivity index (χ4v) is 1.56. The highest BCUT2D eigenvalue weighted by Gasteiger charge is 2.09. The molecule has 0 radical (unpaired) electrons. The van der Waals surface area contributed by atoms with Crippen molar-refractivity contribution in [2.24, 2.45) is 0 Å². The number of ether oxygens (including phenoxy) is 1. The highest BCUT2D eigenvalue weighted by Crippen LogP contribution is 2.23. The van der Waals surface area contributed by atoms with Gasteiger partial charge in [-0.15, -0.1) is 0 Å². The Balaban J connectivity index is 3.03. The van der Waals surface area contributed by atoms with Crippen LogP contribution >= 0.6 is 0 Å². The second-order valence-corrected chi connectivity index (χ2v) is 3.90. The molecule has 0 heterocycles.